The molecule has 5 nitrogen and oxygen atoms in total. The van der Waals surface area contributed by atoms with Crippen molar-refractivity contribution in [2.45, 2.75) is 18.9 Å². The summed E-state index contributed by atoms with van der Waals surface area (Å²) in [7, 11) is 3.39. The number of aliphatic hydroxyl groups is 1. The number of nitrogens with zero attached hydrogens (tertiary/aromatic N) is 1. The molecule has 0 radical (unpaired) electrons. The van der Waals surface area contributed by atoms with Crippen LogP contribution >= 0.6 is 0 Å². The number of carbonyl (C=O) groups excluding carboxylic acids is 2. The molecule has 6 heteroatoms. The van der Waals surface area contributed by atoms with E-state index in [-0.39, 0.29) is 18.2 Å². The summed E-state index contributed by atoms with van der Waals surface area (Å²) in [5, 5.41) is 12.7. The Morgan fingerprint density at radius 2 is 1.84 bits per heavy atom. The Bertz CT molecular complexity index is 745. The summed E-state index contributed by atoms with van der Waals surface area (Å²) in [6, 6.07) is 12.5. The Kier molecular flexibility index (Phi) is 6.25. The third kappa shape index (κ3) is 5.69. The Morgan fingerprint density at radius 1 is 1.16 bits per heavy atom. The molecule has 1 atom stereocenters. The van der Waals surface area contributed by atoms with Gasteiger partial charge >= 0.3 is 0 Å². The summed E-state index contributed by atoms with van der Waals surface area (Å²) in [5.41, 5.74) is 1.77. The van der Waals surface area contributed by atoms with Crippen molar-refractivity contribution in [2.75, 3.05) is 19.4 Å². The molecule has 0 aliphatic rings. The molecule has 132 valence electrons. The normalized spacial score (nSPS) is 11.7. The molecule has 0 spiro atoms. The van der Waals surface area contributed by atoms with E-state index in [0.717, 1.165) is 5.56 Å². The van der Waals surface area contributed by atoms with Gasteiger partial charge in [0.1, 0.15) is 5.82 Å². The predicted octanol–water partition coefficient (Wildman–Crippen LogP) is 2.52. The Labute approximate surface area is 146 Å². The number of likely N-dealkylation sites (N-methyl/N-ethyl adjacent to an activating group) is 1. The number of halogens is 1. The van der Waals surface area contributed by atoms with Gasteiger partial charge in [0.2, 0.25) is 11.8 Å². The molecule has 0 bridgehead atoms. The predicted molar refractivity (Wildman–Crippen MR) is 93.4 cm³/mol. The second-order valence-electron chi connectivity index (χ2n) is 5.98. The molecular formula is C19H21FN2O3. The maximum atomic E-state index is 13.2. The highest BCUT2D eigenvalue weighted by Crippen LogP contribution is 2.19. The van der Waals surface area contributed by atoms with Crippen LogP contribution in [0.15, 0.2) is 48.5 Å². The van der Waals surface area contributed by atoms with Crippen molar-refractivity contribution in [2.24, 2.45) is 0 Å². The molecule has 0 heterocycles. The van der Waals surface area contributed by atoms with Crippen LogP contribution in [0.25, 0.3) is 0 Å². The monoisotopic (exact) mass is 344 g/mol. The molecule has 1 unspecified atom stereocenters. The first kappa shape index (κ1) is 18.6. The summed E-state index contributed by atoms with van der Waals surface area (Å²) in [6.07, 6.45) is -0.961. The van der Waals surface area contributed by atoms with Crippen molar-refractivity contribution >= 4 is 17.5 Å². The van der Waals surface area contributed by atoms with Crippen LogP contribution in [0.2, 0.25) is 0 Å². The van der Waals surface area contributed by atoms with E-state index >= 15 is 0 Å². The van der Waals surface area contributed by atoms with Gasteiger partial charge < -0.3 is 15.3 Å². The number of nitrogens with one attached hydrogen (secondary N) is 1. The van der Waals surface area contributed by atoms with E-state index in [0.29, 0.717) is 17.7 Å². The van der Waals surface area contributed by atoms with Gasteiger partial charge in [-0.3, -0.25) is 9.59 Å². The van der Waals surface area contributed by atoms with Crippen molar-refractivity contribution in [3.05, 3.63) is 65.5 Å². The summed E-state index contributed by atoms with van der Waals surface area (Å²) in [5.74, 6) is -0.844. The first-order chi connectivity index (χ1) is 11.8. The zero-order valence-corrected chi connectivity index (χ0v) is 14.2. The quantitative estimate of drug-likeness (QED) is 0.846. The van der Waals surface area contributed by atoms with Crippen LogP contribution in [-0.4, -0.2) is 35.9 Å². The lowest BCUT2D eigenvalue weighted by atomic mass is 10.1. The van der Waals surface area contributed by atoms with Crippen LogP contribution in [0, 0.1) is 5.82 Å². The van der Waals surface area contributed by atoms with Crippen LogP contribution in [0.5, 0.6) is 0 Å². The lowest BCUT2D eigenvalue weighted by Crippen LogP contribution is -2.23. The molecule has 2 amide bonds. The molecule has 0 saturated carbocycles. The zero-order chi connectivity index (χ0) is 18.4. The fraction of sp³-hybridized carbons (Fsp3) is 0.263. The average molecular weight is 344 g/mol. The minimum absolute atomic E-state index is 0.00463. The molecule has 2 rings (SSSR count). The lowest BCUT2D eigenvalue weighted by Gasteiger charge is -2.12. The van der Waals surface area contributed by atoms with E-state index < -0.39 is 11.9 Å². The third-order valence-corrected chi connectivity index (χ3v) is 3.70. The van der Waals surface area contributed by atoms with E-state index in [1.165, 1.54) is 23.1 Å². The standard InChI is InChI=1S/C19H21FN2O3/c1-22(2)19(25)10-13-6-8-16(9-7-13)21-18(24)12-17(23)14-4-3-5-15(20)11-14/h3-9,11,17,23H,10,12H2,1-2H3,(H,21,24). The molecule has 0 saturated heterocycles. The minimum atomic E-state index is -1.08. The number of amides is 2. The smallest absolute Gasteiger partial charge is 0.227 e. The maximum absolute atomic E-state index is 13.2. The minimum Gasteiger partial charge on any atom is -0.388 e. The summed E-state index contributed by atoms with van der Waals surface area (Å²) < 4.78 is 13.2. The van der Waals surface area contributed by atoms with Crippen LogP contribution in [-0.2, 0) is 16.0 Å². The second kappa shape index (κ2) is 8.39. The summed E-state index contributed by atoms with van der Waals surface area (Å²) >= 11 is 0. The van der Waals surface area contributed by atoms with E-state index in [4.69, 9.17) is 0 Å². The number of aliphatic hydroxyl groups excluding tert-OH is 1. The topological polar surface area (TPSA) is 69.6 Å². The van der Waals surface area contributed by atoms with Crippen LogP contribution in [0.3, 0.4) is 0 Å². The van der Waals surface area contributed by atoms with Crippen LogP contribution in [0.4, 0.5) is 10.1 Å². The molecule has 0 aliphatic carbocycles. The van der Waals surface area contributed by atoms with Gasteiger partial charge in [-0.05, 0) is 35.4 Å². The molecule has 0 fully saturated rings. The molecule has 2 aromatic carbocycles. The lowest BCUT2D eigenvalue weighted by molar-refractivity contribution is -0.128. The number of anilines is 1. The Morgan fingerprint density at radius 3 is 2.44 bits per heavy atom. The molecule has 0 aromatic heterocycles. The third-order valence-electron chi connectivity index (χ3n) is 3.70. The highest BCUT2D eigenvalue weighted by atomic mass is 19.1. The first-order valence-corrected chi connectivity index (χ1v) is 7.87. The number of benzene rings is 2. The van der Waals surface area contributed by atoms with E-state index in [1.807, 2.05) is 0 Å². The summed E-state index contributed by atoms with van der Waals surface area (Å²) in [4.78, 5) is 25.2. The maximum Gasteiger partial charge on any atom is 0.227 e. The van der Waals surface area contributed by atoms with E-state index in [9.17, 15) is 19.1 Å². The highest BCUT2D eigenvalue weighted by Gasteiger charge is 2.14. The molecule has 2 aromatic rings. The van der Waals surface area contributed by atoms with Crippen LogP contribution < -0.4 is 5.32 Å². The van der Waals surface area contributed by atoms with Gasteiger partial charge in [-0.1, -0.05) is 24.3 Å². The molecule has 0 aliphatic heterocycles. The first-order valence-electron chi connectivity index (χ1n) is 7.87. The van der Waals surface area contributed by atoms with Crippen molar-refractivity contribution in [1.82, 2.24) is 4.90 Å². The van der Waals surface area contributed by atoms with Crippen LogP contribution in [0.1, 0.15) is 23.7 Å². The summed E-state index contributed by atoms with van der Waals surface area (Å²) in [6.45, 7) is 0. The SMILES string of the molecule is CN(C)C(=O)Cc1ccc(NC(=O)CC(O)c2cccc(F)c2)cc1. The number of carbonyl (C=O) groups is 2. The van der Waals surface area contributed by atoms with Crippen molar-refractivity contribution in [3.8, 4) is 0 Å². The van der Waals surface area contributed by atoms with Gasteiger partial charge in [0.05, 0.1) is 18.9 Å². The van der Waals surface area contributed by atoms with Gasteiger partial charge in [-0.25, -0.2) is 4.39 Å². The number of hydrogen-bond donors (Lipinski definition) is 2. The molecular weight excluding hydrogens is 323 g/mol. The van der Waals surface area contributed by atoms with E-state index in [1.54, 1.807) is 44.4 Å². The van der Waals surface area contributed by atoms with Crippen molar-refractivity contribution < 1.29 is 19.1 Å². The Hall–Kier alpha value is -2.73. The Balaban J connectivity index is 1.91. The zero-order valence-electron chi connectivity index (χ0n) is 14.2. The van der Waals surface area contributed by atoms with Crippen molar-refractivity contribution in [1.29, 1.82) is 0 Å². The van der Waals surface area contributed by atoms with Gasteiger partial charge in [0, 0.05) is 19.8 Å². The molecule has 25 heavy (non-hydrogen) atoms. The fourth-order valence-electron chi connectivity index (χ4n) is 2.26. The van der Waals surface area contributed by atoms with Gasteiger partial charge in [0.15, 0.2) is 0 Å². The number of rotatable bonds is 6. The van der Waals surface area contributed by atoms with Gasteiger partial charge in [0.25, 0.3) is 0 Å². The van der Waals surface area contributed by atoms with Gasteiger partial charge in [-0.15, -0.1) is 0 Å². The van der Waals surface area contributed by atoms with E-state index in [2.05, 4.69) is 5.32 Å². The average Bonchev–Trinajstić information content (AvgIpc) is 2.56. The number of hydrogen-bond acceptors (Lipinski definition) is 3. The highest BCUT2D eigenvalue weighted by molar-refractivity contribution is 5.91. The largest absolute Gasteiger partial charge is 0.388 e. The molecule has 2 N–H and O–H groups in total. The van der Waals surface area contributed by atoms with Crippen molar-refractivity contribution in [3.63, 3.8) is 0 Å². The van der Waals surface area contributed by atoms with Gasteiger partial charge in [-0.2, -0.15) is 0 Å². The fourth-order valence-corrected chi connectivity index (χ4v) is 2.26. The second-order valence-corrected chi connectivity index (χ2v) is 5.98.